The molecule has 0 amide bonds. The van der Waals surface area contributed by atoms with Crippen molar-refractivity contribution in [2.45, 2.75) is 58.9 Å². The van der Waals surface area contributed by atoms with Crippen molar-refractivity contribution in [3.63, 3.8) is 0 Å². The van der Waals surface area contributed by atoms with E-state index in [9.17, 15) is 0 Å². The molecule has 19 heavy (non-hydrogen) atoms. The average Bonchev–Trinajstić information content (AvgIpc) is 2.81. The third-order valence-electron chi connectivity index (χ3n) is 4.00. The zero-order valence-corrected chi connectivity index (χ0v) is 14.6. The Hall–Kier alpha value is -0.653. The van der Waals surface area contributed by atoms with E-state index in [4.69, 9.17) is 4.43 Å². The van der Waals surface area contributed by atoms with Crippen molar-refractivity contribution in [3.8, 4) is 0 Å². The standard InChI is InChI=1S/C14H24N2OSSi/c1-7-11-8-16-9-12(18-13(16)15-11)10-17-19(5,6)14(2,3)4/h8-9H,7,10H2,1-6H3. The van der Waals surface area contributed by atoms with Crippen LogP contribution in [0.25, 0.3) is 4.96 Å². The summed E-state index contributed by atoms with van der Waals surface area (Å²) in [6.45, 7) is 14.2. The minimum Gasteiger partial charge on any atom is -0.412 e. The third kappa shape index (κ3) is 3.09. The maximum atomic E-state index is 6.24. The van der Waals surface area contributed by atoms with Crippen LogP contribution >= 0.6 is 11.3 Å². The van der Waals surface area contributed by atoms with E-state index < -0.39 is 8.32 Å². The molecule has 0 atom stereocenters. The van der Waals surface area contributed by atoms with Crippen LogP contribution in [-0.2, 0) is 17.5 Å². The molecule has 0 spiro atoms. The summed E-state index contributed by atoms with van der Waals surface area (Å²) in [5.41, 5.74) is 1.16. The SMILES string of the molecule is CCc1cn2cc(CO[Si](C)(C)C(C)(C)C)sc2n1. The van der Waals surface area contributed by atoms with Crippen molar-refractivity contribution in [3.05, 3.63) is 23.0 Å². The molecule has 0 unspecified atom stereocenters. The smallest absolute Gasteiger partial charge is 0.194 e. The van der Waals surface area contributed by atoms with E-state index in [-0.39, 0.29) is 5.04 Å². The molecule has 0 aromatic carbocycles. The van der Waals surface area contributed by atoms with Gasteiger partial charge in [-0.15, -0.1) is 0 Å². The van der Waals surface area contributed by atoms with Crippen LogP contribution in [0, 0.1) is 0 Å². The fourth-order valence-electron chi connectivity index (χ4n) is 1.60. The van der Waals surface area contributed by atoms with Crippen molar-refractivity contribution in [1.82, 2.24) is 9.38 Å². The summed E-state index contributed by atoms with van der Waals surface area (Å²) >= 11 is 1.73. The van der Waals surface area contributed by atoms with Gasteiger partial charge in [0.05, 0.1) is 12.3 Å². The van der Waals surface area contributed by atoms with Crippen LogP contribution in [-0.4, -0.2) is 17.7 Å². The number of imidazole rings is 1. The lowest BCUT2D eigenvalue weighted by molar-refractivity contribution is 0.279. The second-order valence-electron chi connectivity index (χ2n) is 6.52. The Kier molecular flexibility index (Phi) is 3.91. The van der Waals surface area contributed by atoms with E-state index >= 15 is 0 Å². The Bertz CT molecular complexity index is 534. The highest BCUT2D eigenvalue weighted by atomic mass is 32.1. The second-order valence-corrected chi connectivity index (χ2v) is 12.4. The second kappa shape index (κ2) is 5.03. The summed E-state index contributed by atoms with van der Waals surface area (Å²) in [5.74, 6) is 0. The van der Waals surface area contributed by atoms with Crippen LogP contribution < -0.4 is 0 Å². The fourth-order valence-corrected chi connectivity index (χ4v) is 3.54. The van der Waals surface area contributed by atoms with Crippen LogP contribution in [0.3, 0.4) is 0 Å². The van der Waals surface area contributed by atoms with E-state index in [1.165, 1.54) is 4.88 Å². The maximum absolute atomic E-state index is 6.24. The van der Waals surface area contributed by atoms with Gasteiger partial charge in [0.15, 0.2) is 13.3 Å². The molecule has 0 bridgehead atoms. The van der Waals surface area contributed by atoms with Crippen LogP contribution in [0.1, 0.15) is 38.3 Å². The number of hydrogen-bond donors (Lipinski definition) is 0. The molecule has 0 fully saturated rings. The van der Waals surface area contributed by atoms with Gasteiger partial charge < -0.3 is 4.43 Å². The summed E-state index contributed by atoms with van der Waals surface area (Å²) in [6, 6.07) is 0. The molecule has 106 valence electrons. The lowest BCUT2D eigenvalue weighted by atomic mass is 10.2. The van der Waals surface area contributed by atoms with E-state index in [2.05, 4.69) is 62.6 Å². The first-order valence-corrected chi connectivity index (χ1v) is 10.6. The van der Waals surface area contributed by atoms with E-state index in [0.29, 0.717) is 6.61 Å². The van der Waals surface area contributed by atoms with Crippen molar-refractivity contribution < 1.29 is 4.43 Å². The van der Waals surface area contributed by atoms with Crippen molar-refractivity contribution >= 4 is 24.6 Å². The maximum Gasteiger partial charge on any atom is 0.194 e. The highest BCUT2D eigenvalue weighted by molar-refractivity contribution is 7.17. The summed E-state index contributed by atoms with van der Waals surface area (Å²) in [7, 11) is -1.66. The Labute approximate surface area is 120 Å². The number of aromatic nitrogens is 2. The molecule has 2 aromatic heterocycles. The molecule has 3 nitrogen and oxygen atoms in total. The minimum atomic E-state index is -1.66. The number of thiazole rings is 1. The number of rotatable bonds is 4. The predicted octanol–water partition coefficient (Wildman–Crippen LogP) is 4.48. The normalized spacial score (nSPS) is 13.4. The number of hydrogen-bond acceptors (Lipinski definition) is 3. The fraction of sp³-hybridized carbons (Fsp3) is 0.643. The van der Waals surface area contributed by atoms with Crippen LogP contribution in [0.2, 0.25) is 18.1 Å². The molecule has 0 aliphatic rings. The Balaban J connectivity index is 2.08. The number of nitrogens with zero attached hydrogens (tertiary/aromatic N) is 2. The van der Waals surface area contributed by atoms with Gasteiger partial charge in [0.1, 0.15) is 0 Å². The first kappa shape index (κ1) is 14.7. The number of fused-ring (bicyclic) bond motifs is 1. The van der Waals surface area contributed by atoms with Gasteiger partial charge in [-0.2, -0.15) is 0 Å². The summed E-state index contributed by atoms with van der Waals surface area (Å²) in [5, 5.41) is 0.264. The predicted molar refractivity (Wildman–Crippen MR) is 84.4 cm³/mol. The molecular weight excluding hydrogens is 272 g/mol. The molecule has 2 aromatic rings. The third-order valence-corrected chi connectivity index (χ3v) is 9.45. The van der Waals surface area contributed by atoms with E-state index in [0.717, 1.165) is 17.1 Å². The molecule has 0 N–H and O–H groups in total. The van der Waals surface area contributed by atoms with Crippen molar-refractivity contribution in [2.24, 2.45) is 0 Å². The van der Waals surface area contributed by atoms with Crippen molar-refractivity contribution in [2.75, 3.05) is 0 Å². The largest absolute Gasteiger partial charge is 0.412 e. The lowest BCUT2D eigenvalue weighted by Gasteiger charge is -2.35. The van der Waals surface area contributed by atoms with Gasteiger partial charge in [-0.05, 0) is 24.6 Å². The van der Waals surface area contributed by atoms with Crippen LogP contribution in [0.15, 0.2) is 12.4 Å². The van der Waals surface area contributed by atoms with E-state index in [1.807, 2.05) is 0 Å². The molecule has 2 rings (SSSR count). The van der Waals surface area contributed by atoms with Gasteiger partial charge in [0.25, 0.3) is 0 Å². The molecule has 0 saturated carbocycles. The topological polar surface area (TPSA) is 26.5 Å². The van der Waals surface area contributed by atoms with E-state index in [1.54, 1.807) is 11.3 Å². The Morgan fingerprint density at radius 3 is 2.53 bits per heavy atom. The molecule has 0 saturated heterocycles. The minimum absolute atomic E-state index is 0.264. The van der Waals surface area contributed by atoms with Crippen LogP contribution in [0.4, 0.5) is 0 Å². The molecule has 0 radical (unpaired) electrons. The van der Waals surface area contributed by atoms with Crippen molar-refractivity contribution in [1.29, 1.82) is 0 Å². The zero-order chi connectivity index (χ0) is 14.3. The summed E-state index contributed by atoms with van der Waals surface area (Å²) in [6.07, 6.45) is 5.26. The average molecular weight is 297 g/mol. The highest BCUT2D eigenvalue weighted by Crippen LogP contribution is 2.37. The Morgan fingerprint density at radius 2 is 2.00 bits per heavy atom. The molecule has 0 aliphatic carbocycles. The van der Waals surface area contributed by atoms with Gasteiger partial charge in [-0.3, -0.25) is 4.40 Å². The monoisotopic (exact) mass is 296 g/mol. The highest BCUT2D eigenvalue weighted by Gasteiger charge is 2.37. The molecular formula is C14H24N2OSSi. The van der Waals surface area contributed by atoms with Gasteiger partial charge in [0.2, 0.25) is 0 Å². The molecule has 5 heteroatoms. The van der Waals surface area contributed by atoms with Gasteiger partial charge in [-0.1, -0.05) is 39.0 Å². The number of aryl methyl sites for hydroxylation is 1. The first-order valence-electron chi connectivity index (χ1n) is 6.83. The van der Waals surface area contributed by atoms with Gasteiger partial charge in [0, 0.05) is 17.3 Å². The quantitative estimate of drug-likeness (QED) is 0.778. The summed E-state index contributed by atoms with van der Waals surface area (Å²) in [4.78, 5) is 6.92. The Morgan fingerprint density at radius 1 is 1.32 bits per heavy atom. The first-order chi connectivity index (χ1) is 8.73. The zero-order valence-electron chi connectivity index (χ0n) is 12.8. The van der Waals surface area contributed by atoms with Gasteiger partial charge in [-0.25, -0.2) is 4.98 Å². The van der Waals surface area contributed by atoms with Gasteiger partial charge >= 0.3 is 0 Å². The molecule has 2 heterocycles. The molecule has 0 aliphatic heterocycles. The van der Waals surface area contributed by atoms with Crippen LogP contribution in [0.5, 0.6) is 0 Å². The summed E-state index contributed by atoms with van der Waals surface area (Å²) < 4.78 is 8.36. The lowest BCUT2D eigenvalue weighted by Crippen LogP contribution is -2.40.